The summed E-state index contributed by atoms with van der Waals surface area (Å²) >= 11 is 1.24. The van der Waals surface area contributed by atoms with Gasteiger partial charge < -0.3 is 9.84 Å². The molecule has 0 aliphatic heterocycles. The van der Waals surface area contributed by atoms with Gasteiger partial charge in [-0.2, -0.15) is 13.1 Å². The van der Waals surface area contributed by atoms with Gasteiger partial charge in [0.2, 0.25) is 0 Å². The van der Waals surface area contributed by atoms with Gasteiger partial charge in [-0.15, -0.1) is 11.3 Å². The largest absolute Gasteiger partial charge is 0.435 e. The van der Waals surface area contributed by atoms with Crippen molar-refractivity contribution < 1.29 is 23.4 Å². The van der Waals surface area contributed by atoms with E-state index >= 15 is 0 Å². The number of nitrogens with zero attached hydrogens (tertiary/aromatic N) is 2. The topological polar surface area (TPSA) is 97.8 Å². The van der Waals surface area contributed by atoms with Crippen LogP contribution in [0, 0.1) is 6.92 Å². The highest BCUT2D eigenvalue weighted by atomic mass is 32.2. The van der Waals surface area contributed by atoms with E-state index in [0.29, 0.717) is 14.9 Å². The fraction of sp³-hybridized carbons (Fsp3) is 0.545. The van der Waals surface area contributed by atoms with E-state index in [-0.39, 0.29) is 24.0 Å². The molecule has 1 aromatic heterocycles. The average Bonchev–Trinajstić information content (AvgIpc) is 3.04. The van der Waals surface area contributed by atoms with Crippen LogP contribution in [0.4, 0.5) is 8.78 Å². The van der Waals surface area contributed by atoms with E-state index in [2.05, 4.69) is 14.1 Å². The van der Waals surface area contributed by atoms with Crippen molar-refractivity contribution in [2.24, 2.45) is 9.50 Å². The van der Waals surface area contributed by atoms with Crippen molar-refractivity contribution in [1.82, 2.24) is 4.98 Å². The number of alkyl halides is 2. The predicted molar refractivity (Wildman–Crippen MR) is 124 cm³/mol. The van der Waals surface area contributed by atoms with Crippen molar-refractivity contribution in [3.63, 3.8) is 0 Å². The number of hydrogen-bond acceptors (Lipinski definition) is 5. The molecule has 0 saturated carbocycles. The first-order chi connectivity index (χ1) is 14.7. The molecule has 2 rings (SSSR count). The molecule has 0 aliphatic carbocycles. The second kappa shape index (κ2) is 10.5. The molecule has 0 fully saturated rings. The third-order valence-electron chi connectivity index (χ3n) is 4.76. The zero-order valence-corrected chi connectivity index (χ0v) is 21.0. The van der Waals surface area contributed by atoms with Gasteiger partial charge in [0.1, 0.15) is 20.6 Å². The maximum atomic E-state index is 12.9. The third kappa shape index (κ3) is 6.63. The number of carbonyl (C=O) groups excluding carboxylic acids is 1. The molecule has 6 nitrogen and oxygen atoms in total. The highest BCUT2D eigenvalue weighted by Gasteiger charge is 2.24. The second-order valence-electron chi connectivity index (χ2n) is 8.70. The standard InChI is InChI=1S/C22H31F2N3O3S2/c1-11(2)15-8-14(30-21(23)24)9-16(12(3)4)17(15)10-18(28)27-32(25)19-13(5)26-20(31-19)22(6,7)29/h8-9,11-12,21,29H,10H2,1-7H3,(H2,25,27,28). The van der Waals surface area contributed by atoms with Crippen LogP contribution < -0.4 is 9.88 Å². The molecular formula is C22H31F2N3O3S2. The van der Waals surface area contributed by atoms with E-state index in [1.807, 2.05) is 27.7 Å². The number of aromatic nitrogens is 1. The maximum Gasteiger partial charge on any atom is 0.387 e. The number of aryl methyl sites for hydroxylation is 1. The third-order valence-corrected chi connectivity index (χ3v) is 7.86. The summed E-state index contributed by atoms with van der Waals surface area (Å²) < 4.78 is 35.0. The number of thiazole rings is 1. The number of aliphatic hydroxyl groups is 1. The zero-order valence-electron chi connectivity index (χ0n) is 19.4. The van der Waals surface area contributed by atoms with Crippen molar-refractivity contribution in [2.75, 3.05) is 0 Å². The molecule has 0 spiro atoms. The molecule has 1 aromatic carbocycles. The average molecular weight is 488 g/mol. The van der Waals surface area contributed by atoms with Crippen molar-refractivity contribution in [1.29, 1.82) is 0 Å². The quantitative estimate of drug-likeness (QED) is 0.524. The Morgan fingerprint density at radius 2 is 1.78 bits per heavy atom. The lowest BCUT2D eigenvalue weighted by molar-refractivity contribution is -0.117. The van der Waals surface area contributed by atoms with E-state index in [0.717, 1.165) is 16.7 Å². The van der Waals surface area contributed by atoms with Gasteiger partial charge in [0.15, 0.2) is 0 Å². The summed E-state index contributed by atoms with van der Waals surface area (Å²) in [5.74, 6) is -0.338. The Bertz CT molecular complexity index is 983. The van der Waals surface area contributed by atoms with Gasteiger partial charge in [-0.1, -0.05) is 27.7 Å². The molecule has 1 unspecified atom stereocenters. The predicted octanol–water partition coefficient (Wildman–Crippen LogP) is 5.33. The van der Waals surface area contributed by atoms with Gasteiger partial charge in [0.05, 0.1) is 12.1 Å². The number of nitrogens with two attached hydrogens (primary N) is 1. The van der Waals surface area contributed by atoms with E-state index < -0.39 is 29.0 Å². The molecule has 10 heteroatoms. The van der Waals surface area contributed by atoms with Crippen molar-refractivity contribution >= 4 is 28.1 Å². The first-order valence-corrected chi connectivity index (χ1v) is 12.3. The van der Waals surface area contributed by atoms with Gasteiger partial charge in [-0.3, -0.25) is 9.93 Å². The van der Waals surface area contributed by atoms with Crippen LogP contribution >= 0.6 is 11.3 Å². The summed E-state index contributed by atoms with van der Waals surface area (Å²) in [5, 5.41) is 16.9. The summed E-state index contributed by atoms with van der Waals surface area (Å²) in [6.45, 7) is 9.84. The minimum Gasteiger partial charge on any atom is -0.435 e. The number of amides is 1. The first kappa shape index (κ1) is 26.5. The normalized spacial score (nSPS) is 13.4. The molecule has 0 saturated heterocycles. The van der Waals surface area contributed by atoms with Crippen LogP contribution in [0.15, 0.2) is 20.7 Å². The smallest absolute Gasteiger partial charge is 0.387 e. The molecular weight excluding hydrogens is 456 g/mol. The van der Waals surface area contributed by atoms with Crippen LogP contribution in [0.3, 0.4) is 0 Å². The summed E-state index contributed by atoms with van der Waals surface area (Å²) in [6, 6.07) is 3.13. The molecule has 3 N–H and O–H groups in total. The van der Waals surface area contributed by atoms with Crippen molar-refractivity contribution in [3.05, 3.63) is 39.5 Å². The van der Waals surface area contributed by atoms with Crippen molar-refractivity contribution in [3.8, 4) is 5.75 Å². The van der Waals surface area contributed by atoms with Crippen molar-refractivity contribution in [2.45, 2.75) is 83.1 Å². The van der Waals surface area contributed by atoms with Crippen LogP contribution in [-0.2, 0) is 27.7 Å². The molecule has 178 valence electrons. The lowest BCUT2D eigenvalue weighted by Gasteiger charge is -2.21. The second-order valence-corrected chi connectivity index (χ2v) is 11.2. The van der Waals surface area contributed by atoms with E-state index in [1.54, 1.807) is 32.9 Å². The Hall–Kier alpha value is -1.75. The molecule has 0 radical (unpaired) electrons. The highest BCUT2D eigenvalue weighted by Crippen LogP contribution is 2.34. The zero-order chi connectivity index (χ0) is 24.4. The number of hydrogen-bond donors (Lipinski definition) is 2. The lowest BCUT2D eigenvalue weighted by atomic mass is 9.86. The van der Waals surface area contributed by atoms with Gasteiger partial charge in [-0.05, 0) is 61.4 Å². The molecule has 32 heavy (non-hydrogen) atoms. The first-order valence-electron chi connectivity index (χ1n) is 10.3. The summed E-state index contributed by atoms with van der Waals surface area (Å²) in [5.41, 5.74) is 1.83. The van der Waals surface area contributed by atoms with Gasteiger partial charge in [0, 0.05) is 10.9 Å². The number of rotatable bonds is 8. The number of carbonyl (C=O) groups is 1. The van der Waals surface area contributed by atoms with E-state index in [4.69, 9.17) is 5.14 Å². The Kier molecular flexibility index (Phi) is 8.66. The Labute approximate surface area is 194 Å². The molecule has 0 bridgehead atoms. The van der Waals surface area contributed by atoms with Crippen LogP contribution in [0.1, 0.15) is 80.8 Å². The Balaban J connectivity index is 2.43. The van der Waals surface area contributed by atoms with Gasteiger partial charge in [-0.25, -0.2) is 4.98 Å². The Morgan fingerprint density at radius 1 is 1.25 bits per heavy atom. The fourth-order valence-corrected chi connectivity index (χ4v) is 5.47. The lowest BCUT2D eigenvalue weighted by Crippen LogP contribution is -2.14. The van der Waals surface area contributed by atoms with Crippen LogP contribution in [0.2, 0.25) is 0 Å². The van der Waals surface area contributed by atoms with Gasteiger partial charge in [0.25, 0.3) is 5.91 Å². The van der Waals surface area contributed by atoms with E-state index in [9.17, 15) is 18.7 Å². The fourth-order valence-electron chi connectivity index (χ4n) is 3.27. The van der Waals surface area contributed by atoms with Crippen LogP contribution in [0.5, 0.6) is 5.75 Å². The molecule has 1 atom stereocenters. The SMILES string of the molecule is Cc1nc(C(C)(C)O)sc1S(N)=NC(=O)Cc1c(C(C)C)cc(OC(F)F)cc1C(C)C. The molecule has 1 amide bonds. The molecule has 1 heterocycles. The minimum absolute atomic E-state index is 0.00683. The van der Waals surface area contributed by atoms with E-state index in [1.165, 1.54) is 11.3 Å². The number of ether oxygens (including phenoxy) is 1. The minimum atomic E-state index is -2.92. The van der Waals surface area contributed by atoms with Gasteiger partial charge >= 0.3 is 6.61 Å². The number of benzene rings is 1. The molecule has 2 aromatic rings. The number of halogens is 2. The maximum absolute atomic E-state index is 12.9. The highest BCUT2D eigenvalue weighted by molar-refractivity contribution is 7.87. The summed E-state index contributed by atoms with van der Waals surface area (Å²) in [6.07, 6.45) is 0.00683. The monoisotopic (exact) mass is 487 g/mol. The summed E-state index contributed by atoms with van der Waals surface area (Å²) in [4.78, 5) is 17.2. The summed E-state index contributed by atoms with van der Waals surface area (Å²) in [7, 11) is -1.21. The Morgan fingerprint density at radius 3 is 2.19 bits per heavy atom. The molecule has 0 aliphatic rings. The van der Waals surface area contributed by atoms with Crippen LogP contribution in [-0.4, -0.2) is 22.6 Å². The van der Waals surface area contributed by atoms with Crippen LogP contribution in [0.25, 0.3) is 0 Å².